The third-order valence-electron chi connectivity index (χ3n) is 5.12. The van der Waals surface area contributed by atoms with Crippen molar-refractivity contribution in [2.45, 2.75) is 31.9 Å². The minimum Gasteiger partial charge on any atom is -0.497 e. The highest BCUT2D eigenvalue weighted by Gasteiger charge is 2.23. The second-order valence-corrected chi connectivity index (χ2v) is 7.50. The summed E-state index contributed by atoms with van der Waals surface area (Å²) in [6.07, 6.45) is 2.58. The zero-order valence-electron chi connectivity index (χ0n) is 17.1. The number of anilines is 1. The molecule has 5 nitrogen and oxygen atoms in total. The number of hydrogen-bond acceptors (Lipinski definition) is 4. The second kappa shape index (κ2) is 9.60. The van der Waals surface area contributed by atoms with Gasteiger partial charge in [0.15, 0.2) is 0 Å². The first kappa shape index (κ1) is 20.2. The Balaban J connectivity index is 1.72. The molecule has 2 aromatic carbocycles. The van der Waals surface area contributed by atoms with Crippen molar-refractivity contribution in [1.29, 1.82) is 0 Å². The van der Waals surface area contributed by atoms with E-state index >= 15 is 0 Å². The average molecular weight is 383 g/mol. The van der Waals surface area contributed by atoms with E-state index in [1.807, 2.05) is 43.3 Å². The van der Waals surface area contributed by atoms with Gasteiger partial charge in [-0.3, -0.25) is 4.79 Å². The van der Waals surface area contributed by atoms with E-state index in [0.29, 0.717) is 19.5 Å². The smallest absolute Gasteiger partial charge is 0.227 e. The number of carbonyl (C=O) groups is 1. The van der Waals surface area contributed by atoms with E-state index in [9.17, 15) is 4.79 Å². The molecule has 1 amide bonds. The van der Waals surface area contributed by atoms with Crippen LogP contribution in [0.3, 0.4) is 0 Å². The molecule has 150 valence electrons. The lowest BCUT2D eigenvalue weighted by Gasteiger charge is -2.26. The molecule has 0 N–H and O–H groups in total. The van der Waals surface area contributed by atoms with Crippen LogP contribution in [0.25, 0.3) is 0 Å². The maximum Gasteiger partial charge on any atom is 0.227 e. The van der Waals surface area contributed by atoms with Crippen LogP contribution in [0.15, 0.2) is 48.5 Å². The zero-order valence-corrected chi connectivity index (χ0v) is 17.1. The Bertz CT molecular complexity index is 768. The summed E-state index contributed by atoms with van der Waals surface area (Å²) in [5.41, 5.74) is 3.24. The van der Waals surface area contributed by atoms with Gasteiger partial charge in [-0.25, -0.2) is 0 Å². The summed E-state index contributed by atoms with van der Waals surface area (Å²) >= 11 is 0. The largest absolute Gasteiger partial charge is 0.497 e. The van der Waals surface area contributed by atoms with E-state index in [1.165, 1.54) is 0 Å². The topological polar surface area (TPSA) is 42.0 Å². The SMILES string of the molecule is COc1cccc(CC(=O)N(Cc2ccc(N(C)C)cc2)CC2CCCO2)c1. The molecule has 1 aliphatic heterocycles. The monoisotopic (exact) mass is 382 g/mol. The summed E-state index contributed by atoms with van der Waals surface area (Å²) < 4.78 is 11.1. The molecule has 0 bridgehead atoms. The molecule has 2 aromatic rings. The van der Waals surface area contributed by atoms with Gasteiger partial charge >= 0.3 is 0 Å². The molecular formula is C23H30N2O3. The normalized spacial score (nSPS) is 16.0. The minimum absolute atomic E-state index is 0.112. The summed E-state index contributed by atoms with van der Waals surface area (Å²) in [5, 5.41) is 0. The van der Waals surface area contributed by atoms with Crippen LogP contribution < -0.4 is 9.64 Å². The van der Waals surface area contributed by atoms with E-state index in [0.717, 1.165) is 42.0 Å². The number of ether oxygens (including phenoxy) is 2. The molecule has 1 saturated heterocycles. The number of methoxy groups -OCH3 is 1. The first-order valence-electron chi connectivity index (χ1n) is 9.83. The Labute approximate surface area is 167 Å². The summed E-state index contributed by atoms with van der Waals surface area (Å²) in [5.74, 6) is 0.885. The molecule has 1 unspecified atom stereocenters. The minimum atomic E-state index is 0.112. The number of hydrogen-bond donors (Lipinski definition) is 0. The van der Waals surface area contributed by atoms with Crippen molar-refractivity contribution in [2.75, 3.05) is 39.3 Å². The van der Waals surface area contributed by atoms with E-state index < -0.39 is 0 Å². The first-order valence-corrected chi connectivity index (χ1v) is 9.83. The van der Waals surface area contributed by atoms with Gasteiger partial charge in [-0.05, 0) is 48.2 Å². The van der Waals surface area contributed by atoms with Crippen LogP contribution in [0.2, 0.25) is 0 Å². The molecule has 0 radical (unpaired) electrons. The van der Waals surface area contributed by atoms with E-state index in [4.69, 9.17) is 9.47 Å². The molecule has 1 fully saturated rings. The molecule has 0 aromatic heterocycles. The van der Waals surface area contributed by atoms with Gasteiger partial charge in [-0.15, -0.1) is 0 Å². The summed E-state index contributed by atoms with van der Waals surface area (Å²) in [4.78, 5) is 17.1. The van der Waals surface area contributed by atoms with Crippen molar-refractivity contribution in [1.82, 2.24) is 4.90 Å². The molecule has 1 heterocycles. The van der Waals surface area contributed by atoms with E-state index in [-0.39, 0.29) is 12.0 Å². The summed E-state index contributed by atoms with van der Waals surface area (Å²) in [6, 6.07) is 16.1. The van der Waals surface area contributed by atoms with Gasteiger partial charge in [-0.1, -0.05) is 24.3 Å². The van der Waals surface area contributed by atoms with Gasteiger partial charge in [0.2, 0.25) is 5.91 Å². The van der Waals surface area contributed by atoms with Gasteiger partial charge in [0.1, 0.15) is 5.75 Å². The molecular weight excluding hydrogens is 352 g/mol. The Hall–Kier alpha value is -2.53. The fourth-order valence-corrected chi connectivity index (χ4v) is 3.48. The lowest BCUT2D eigenvalue weighted by atomic mass is 10.1. The molecule has 0 saturated carbocycles. The van der Waals surface area contributed by atoms with Crippen LogP contribution >= 0.6 is 0 Å². The van der Waals surface area contributed by atoms with Crippen molar-refractivity contribution in [2.24, 2.45) is 0 Å². The van der Waals surface area contributed by atoms with Gasteiger partial charge in [-0.2, -0.15) is 0 Å². The van der Waals surface area contributed by atoms with Crippen LogP contribution in [0.5, 0.6) is 5.75 Å². The third kappa shape index (κ3) is 5.49. The van der Waals surface area contributed by atoms with Crippen LogP contribution in [-0.4, -0.2) is 51.3 Å². The Morgan fingerprint density at radius 2 is 1.93 bits per heavy atom. The van der Waals surface area contributed by atoms with Crippen molar-refractivity contribution in [3.05, 3.63) is 59.7 Å². The maximum absolute atomic E-state index is 13.1. The van der Waals surface area contributed by atoms with E-state index in [2.05, 4.69) is 29.2 Å². The molecule has 1 aliphatic rings. The van der Waals surface area contributed by atoms with Crippen molar-refractivity contribution in [3.63, 3.8) is 0 Å². The first-order chi connectivity index (χ1) is 13.5. The van der Waals surface area contributed by atoms with Gasteiger partial charge in [0.25, 0.3) is 0 Å². The number of rotatable bonds is 8. The number of nitrogens with zero attached hydrogens (tertiary/aromatic N) is 2. The molecule has 0 spiro atoms. The molecule has 28 heavy (non-hydrogen) atoms. The van der Waals surface area contributed by atoms with Crippen LogP contribution in [0.1, 0.15) is 24.0 Å². The predicted octanol–water partition coefficient (Wildman–Crippen LogP) is 3.51. The lowest BCUT2D eigenvalue weighted by Crippen LogP contribution is -2.37. The van der Waals surface area contributed by atoms with Gasteiger partial charge in [0, 0.05) is 39.5 Å². The van der Waals surface area contributed by atoms with Gasteiger partial charge in [0.05, 0.1) is 19.6 Å². The van der Waals surface area contributed by atoms with Crippen LogP contribution in [0, 0.1) is 0 Å². The molecule has 5 heteroatoms. The standard InChI is InChI=1S/C23H30N2O3/c1-24(2)20-11-9-18(10-12-20)16-25(17-22-8-5-13-28-22)23(26)15-19-6-4-7-21(14-19)27-3/h4,6-7,9-12,14,22H,5,8,13,15-17H2,1-3H3. The average Bonchev–Trinajstić information content (AvgIpc) is 3.21. The highest BCUT2D eigenvalue weighted by Crippen LogP contribution is 2.19. The molecule has 3 rings (SSSR count). The molecule has 0 aliphatic carbocycles. The number of benzene rings is 2. The van der Waals surface area contributed by atoms with E-state index in [1.54, 1.807) is 7.11 Å². The highest BCUT2D eigenvalue weighted by molar-refractivity contribution is 5.79. The number of carbonyl (C=O) groups excluding carboxylic acids is 1. The maximum atomic E-state index is 13.1. The lowest BCUT2D eigenvalue weighted by molar-refractivity contribution is -0.132. The van der Waals surface area contributed by atoms with Crippen molar-refractivity contribution < 1.29 is 14.3 Å². The van der Waals surface area contributed by atoms with Crippen molar-refractivity contribution >= 4 is 11.6 Å². The zero-order chi connectivity index (χ0) is 19.9. The predicted molar refractivity (Wildman–Crippen MR) is 112 cm³/mol. The second-order valence-electron chi connectivity index (χ2n) is 7.50. The Morgan fingerprint density at radius 1 is 1.14 bits per heavy atom. The summed E-state index contributed by atoms with van der Waals surface area (Å²) in [7, 11) is 5.69. The Kier molecular flexibility index (Phi) is 6.93. The van der Waals surface area contributed by atoms with Crippen molar-refractivity contribution in [3.8, 4) is 5.75 Å². The van der Waals surface area contributed by atoms with Crippen LogP contribution in [-0.2, 0) is 22.5 Å². The fourth-order valence-electron chi connectivity index (χ4n) is 3.48. The quantitative estimate of drug-likeness (QED) is 0.701. The fraction of sp³-hybridized carbons (Fsp3) is 0.435. The van der Waals surface area contributed by atoms with Crippen LogP contribution in [0.4, 0.5) is 5.69 Å². The summed E-state index contributed by atoms with van der Waals surface area (Å²) in [6.45, 7) is 2.02. The number of amides is 1. The third-order valence-corrected chi connectivity index (χ3v) is 5.12. The Morgan fingerprint density at radius 3 is 2.57 bits per heavy atom. The molecule has 1 atom stereocenters. The van der Waals surface area contributed by atoms with Gasteiger partial charge < -0.3 is 19.3 Å². The highest BCUT2D eigenvalue weighted by atomic mass is 16.5.